The summed E-state index contributed by atoms with van der Waals surface area (Å²) in [5.41, 5.74) is 3.71. The summed E-state index contributed by atoms with van der Waals surface area (Å²) in [6.45, 7) is 4.97. The molecule has 1 aliphatic rings. The molecule has 3 rings (SSSR count). The number of nitrogens with one attached hydrogen (secondary N) is 2. The number of unbranched alkanes of at least 4 members (excludes halogenated alkanes) is 1. The summed E-state index contributed by atoms with van der Waals surface area (Å²) in [6, 6.07) is 15.6. The number of carbonyl (C=O) groups excluding carboxylic acids is 1. The van der Waals surface area contributed by atoms with Crippen LogP contribution in [0.3, 0.4) is 0 Å². The summed E-state index contributed by atoms with van der Waals surface area (Å²) in [6.07, 6.45) is 3.02. The largest absolute Gasteiger partial charge is 0.493 e. The van der Waals surface area contributed by atoms with Gasteiger partial charge in [-0.3, -0.25) is 4.79 Å². The highest BCUT2D eigenvalue weighted by molar-refractivity contribution is 6.26. The highest BCUT2D eigenvalue weighted by Crippen LogP contribution is 2.34. The first-order valence-corrected chi connectivity index (χ1v) is 9.73. The Morgan fingerprint density at radius 3 is 2.56 bits per heavy atom. The zero-order valence-corrected chi connectivity index (χ0v) is 16.3. The van der Waals surface area contributed by atoms with Crippen molar-refractivity contribution >= 4 is 11.4 Å². The van der Waals surface area contributed by atoms with Gasteiger partial charge in [-0.2, -0.15) is 0 Å². The quantitative estimate of drug-likeness (QED) is 0.688. The molecule has 0 saturated heterocycles. The lowest BCUT2D eigenvalue weighted by Gasteiger charge is -2.13. The fourth-order valence-corrected chi connectivity index (χ4v) is 3.38. The minimum absolute atomic E-state index is 0.0781. The van der Waals surface area contributed by atoms with Crippen LogP contribution in [-0.4, -0.2) is 19.4 Å². The molecule has 0 aliphatic carbocycles. The SMILES string of the molecule is CCCCOc1cc(C2=C(NC)NC(c3ccccc3)C2=O)ccc1CC. The normalized spacial score (nSPS) is 16.4. The highest BCUT2D eigenvalue weighted by Gasteiger charge is 2.34. The van der Waals surface area contributed by atoms with Gasteiger partial charge < -0.3 is 15.4 Å². The Bertz CT molecular complexity index is 828. The van der Waals surface area contributed by atoms with Crippen molar-refractivity contribution in [2.45, 2.75) is 39.2 Å². The van der Waals surface area contributed by atoms with Crippen molar-refractivity contribution < 1.29 is 9.53 Å². The van der Waals surface area contributed by atoms with Crippen LogP contribution >= 0.6 is 0 Å². The summed E-state index contributed by atoms with van der Waals surface area (Å²) in [5.74, 6) is 1.72. The molecular weight excluding hydrogens is 336 g/mol. The van der Waals surface area contributed by atoms with E-state index in [0.29, 0.717) is 12.2 Å². The monoisotopic (exact) mass is 364 g/mol. The van der Waals surface area contributed by atoms with Gasteiger partial charge in [0.15, 0.2) is 5.78 Å². The van der Waals surface area contributed by atoms with Crippen LogP contribution < -0.4 is 15.4 Å². The predicted molar refractivity (Wildman–Crippen MR) is 110 cm³/mol. The third-order valence-electron chi connectivity index (χ3n) is 4.92. The van der Waals surface area contributed by atoms with Crippen molar-refractivity contribution in [1.82, 2.24) is 10.6 Å². The number of aryl methyl sites for hydroxylation is 1. The average molecular weight is 364 g/mol. The molecule has 2 aromatic carbocycles. The topological polar surface area (TPSA) is 50.4 Å². The molecule has 1 heterocycles. The Morgan fingerprint density at radius 2 is 1.89 bits per heavy atom. The summed E-state index contributed by atoms with van der Waals surface area (Å²) < 4.78 is 6.01. The summed E-state index contributed by atoms with van der Waals surface area (Å²) in [5, 5.41) is 6.48. The lowest BCUT2D eigenvalue weighted by molar-refractivity contribution is -0.114. The second-order valence-electron chi connectivity index (χ2n) is 6.73. The molecule has 142 valence electrons. The Kier molecular flexibility index (Phi) is 6.17. The number of rotatable bonds is 8. The lowest BCUT2D eigenvalue weighted by Crippen LogP contribution is -2.24. The van der Waals surface area contributed by atoms with E-state index in [1.54, 1.807) is 0 Å². The third-order valence-corrected chi connectivity index (χ3v) is 4.92. The molecule has 2 aromatic rings. The molecule has 0 radical (unpaired) electrons. The van der Waals surface area contributed by atoms with Crippen LogP contribution in [-0.2, 0) is 11.2 Å². The van der Waals surface area contributed by atoms with Crippen LogP contribution in [0.25, 0.3) is 5.57 Å². The molecule has 0 saturated carbocycles. The van der Waals surface area contributed by atoms with Crippen LogP contribution in [0.15, 0.2) is 54.4 Å². The maximum absolute atomic E-state index is 13.2. The van der Waals surface area contributed by atoms with E-state index in [1.807, 2.05) is 49.5 Å². The van der Waals surface area contributed by atoms with Crippen molar-refractivity contribution in [2.75, 3.05) is 13.7 Å². The molecule has 2 N–H and O–H groups in total. The Balaban J connectivity index is 1.93. The number of hydrogen-bond donors (Lipinski definition) is 2. The van der Waals surface area contributed by atoms with E-state index in [1.165, 1.54) is 5.56 Å². The van der Waals surface area contributed by atoms with Crippen LogP contribution in [0.5, 0.6) is 5.75 Å². The lowest BCUT2D eigenvalue weighted by atomic mass is 9.95. The van der Waals surface area contributed by atoms with Crippen molar-refractivity contribution in [3.05, 3.63) is 71.0 Å². The molecule has 0 bridgehead atoms. The predicted octanol–water partition coefficient (Wildman–Crippen LogP) is 4.23. The summed E-state index contributed by atoms with van der Waals surface area (Å²) in [7, 11) is 1.84. The molecule has 1 aliphatic heterocycles. The molecule has 4 nitrogen and oxygen atoms in total. The zero-order chi connectivity index (χ0) is 19.2. The second-order valence-corrected chi connectivity index (χ2v) is 6.73. The van der Waals surface area contributed by atoms with Gasteiger partial charge in [0.05, 0.1) is 12.2 Å². The van der Waals surface area contributed by atoms with Crippen LogP contribution in [0, 0.1) is 0 Å². The van der Waals surface area contributed by atoms with Gasteiger partial charge in [-0.25, -0.2) is 0 Å². The molecular formula is C23H28N2O2. The number of hydrogen-bond acceptors (Lipinski definition) is 4. The summed E-state index contributed by atoms with van der Waals surface area (Å²) in [4.78, 5) is 13.2. The fourth-order valence-electron chi connectivity index (χ4n) is 3.38. The van der Waals surface area contributed by atoms with E-state index < -0.39 is 0 Å². The van der Waals surface area contributed by atoms with Gasteiger partial charge in [0.25, 0.3) is 0 Å². The van der Waals surface area contributed by atoms with Gasteiger partial charge in [0, 0.05) is 7.05 Å². The molecule has 4 heteroatoms. The minimum atomic E-state index is -0.362. The molecule has 0 spiro atoms. The van der Waals surface area contributed by atoms with E-state index in [4.69, 9.17) is 4.74 Å². The van der Waals surface area contributed by atoms with Gasteiger partial charge >= 0.3 is 0 Å². The van der Waals surface area contributed by atoms with Gasteiger partial charge in [0.1, 0.15) is 17.6 Å². The Hall–Kier alpha value is -2.75. The van der Waals surface area contributed by atoms with E-state index in [-0.39, 0.29) is 11.8 Å². The Labute approximate surface area is 161 Å². The smallest absolute Gasteiger partial charge is 0.193 e. The molecule has 0 fully saturated rings. The fraction of sp³-hybridized carbons (Fsp3) is 0.348. The van der Waals surface area contributed by atoms with E-state index in [9.17, 15) is 4.79 Å². The maximum Gasteiger partial charge on any atom is 0.193 e. The first kappa shape index (κ1) is 19.0. The van der Waals surface area contributed by atoms with Crippen LogP contribution in [0.2, 0.25) is 0 Å². The third kappa shape index (κ3) is 4.00. The molecule has 1 atom stereocenters. The number of benzene rings is 2. The summed E-state index contributed by atoms with van der Waals surface area (Å²) >= 11 is 0. The van der Waals surface area contributed by atoms with E-state index >= 15 is 0 Å². The van der Waals surface area contributed by atoms with Crippen molar-refractivity contribution in [3.63, 3.8) is 0 Å². The van der Waals surface area contributed by atoms with Crippen molar-refractivity contribution in [1.29, 1.82) is 0 Å². The van der Waals surface area contributed by atoms with Crippen LogP contribution in [0.4, 0.5) is 0 Å². The number of carbonyl (C=O) groups is 1. The zero-order valence-electron chi connectivity index (χ0n) is 16.3. The minimum Gasteiger partial charge on any atom is -0.493 e. The van der Waals surface area contributed by atoms with Gasteiger partial charge in [-0.05, 0) is 35.6 Å². The molecule has 1 unspecified atom stereocenters. The van der Waals surface area contributed by atoms with Crippen molar-refractivity contribution in [3.8, 4) is 5.75 Å². The molecule has 0 aromatic heterocycles. The molecule has 0 amide bonds. The first-order valence-electron chi connectivity index (χ1n) is 9.73. The highest BCUT2D eigenvalue weighted by atomic mass is 16.5. The number of Topliss-reactive ketones (excluding diaryl/α,β-unsaturated/α-hetero) is 1. The Morgan fingerprint density at radius 1 is 1.11 bits per heavy atom. The van der Waals surface area contributed by atoms with Crippen LogP contribution in [0.1, 0.15) is 49.4 Å². The number of ether oxygens (including phenoxy) is 1. The van der Waals surface area contributed by atoms with Crippen molar-refractivity contribution in [2.24, 2.45) is 0 Å². The molecule has 27 heavy (non-hydrogen) atoms. The second kappa shape index (κ2) is 8.76. The number of ketones is 1. The van der Waals surface area contributed by atoms with E-state index in [0.717, 1.165) is 42.0 Å². The van der Waals surface area contributed by atoms with Gasteiger partial charge in [0.2, 0.25) is 0 Å². The van der Waals surface area contributed by atoms with Gasteiger partial charge in [-0.1, -0.05) is 62.7 Å². The maximum atomic E-state index is 13.2. The average Bonchev–Trinajstić information content (AvgIpc) is 3.05. The van der Waals surface area contributed by atoms with E-state index in [2.05, 4.69) is 30.5 Å². The first-order chi connectivity index (χ1) is 13.2. The standard InChI is InChI=1S/C23H28N2O2/c1-4-6-14-27-19-15-18(13-12-16(19)5-2)20-22(26)21(25-23(20)24-3)17-10-8-7-9-11-17/h7-13,15,21,24-25H,4-6,14H2,1-3H3. The van der Waals surface area contributed by atoms with Gasteiger partial charge in [-0.15, -0.1) is 0 Å².